The molecular weight excluding hydrogens is 273 g/mol. The van der Waals surface area contributed by atoms with E-state index in [0.717, 1.165) is 12.0 Å². The summed E-state index contributed by atoms with van der Waals surface area (Å²) < 4.78 is 13.8. The van der Waals surface area contributed by atoms with Crippen LogP contribution in [0.15, 0.2) is 42.5 Å². The van der Waals surface area contributed by atoms with Crippen LogP contribution >= 0.6 is 11.6 Å². The first-order valence-corrected chi connectivity index (χ1v) is 7.21. The molecule has 2 aromatic carbocycles. The summed E-state index contributed by atoms with van der Waals surface area (Å²) in [6.45, 7) is 4.34. The molecular formula is C17H19ClFN. The SMILES string of the molecule is CCC(C)c1ccc(C(N)c2cc(Cl)ccc2F)cc1. The molecule has 0 saturated heterocycles. The standard InChI is InChI=1S/C17H19ClFN/c1-3-11(2)12-4-6-13(7-5-12)17(20)15-10-14(18)8-9-16(15)19/h4-11,17H,3,20H2,1-2H3. The molecule has 1 nitrogen and oxygen atoms in total. The third-order valence-electron chi connectivity index (χ3n) is 3.77. The summed E-state index contributed by atoms with van der Waals surface area (Å²) in [7, 11) is 0. The monoisotopic (exact) mass is 291 g/mol. The molecule has 0 saturated carbocycles. The Hall–Kier alpha value is -1.38. The molecule has 2 atom stereocenters. The van der Waals surface area contributed by atoms with Gasteiger partial charge in [0.25, 0.3) is 0 Å². The molecule has 2 aromatic rings. The highest BCUT2D eigenvalue weighted by atomic mass is 35.5. The summed E-state index contributed by atoms with van der Waals surface area (Å²) in [5.41, 5.74) is 8.73. The van der Waals surface area contributed by atoms with E-state index in [1.165, 1.54) is 17.7 Å². The van der Waals surface area contributed by atoms with E-state index >= 15 is 0 Å². The smallest absolute Gasteiger partial charge is 0.128 e. The Kier molecular flexibility index (Phi) is 4.79. The van der Waals surface area contributed by atoms with Crippen molar-refractivity contribution < 1.29 is 4.39 Å². The second-order valence-electron chi connectivity index (χ2n) is 5.12. The number of benzene rings is 2. The van der Waals surface area contributed by atoms with Crippen LogP contribution in [0.4, 0.5) is 4.39 Å². The van der Waals surface area contributed by atoms with Crippen molar-refractivity contribution >= 4 is 11.6 Å². The van der Waals surface area contributed by atoms with E-state index < -0.39 is 6.04 Å². The van der Waals surface area contributed by atoms with Gasteiger partial charge in [-0.1, -0.05) is 49.7 Å². The predicted octanol–water partition coefficient (Wildman–Crippen LogP) is 5.04. The van der Waals surface area contributed by atoms with Gasteiger partial charge in [0.2, 0.25) is 0 Å². The first-order valence-electron chi connectivity index (χ1n) is 6.83. The van der Waals surface area contributed by atoms with Gasteiger partial charge >= 0.3 is 0 Å². The van der Waals surface area contributed by atoms with Crippen molar-refractivity contribution in [1.29, 1.82) is 0 Å². The Morgan fingerprint density at radius 3 is 2.30 bits per heavy atom. The minimum Gasteiger partial charge on any atom is -0.320 e. The average Bonchev–Trinajstić information content (AvgIpc) is 2.48. The summed E-state index contributed by atoms with van der Waals surface area (Å²) in [5, 5.41) is 0.494. The molecule has 0 aliphatic rings. The molecule has 20 heavy (non-hydrogen) atoms. The minimum atomic E-state index is -0.500. The molecule has 0 fully saturated rings. The molecule has 0 bridgehead atoms. The van der Waals surface area contributed by atoms with Crippen LogP contribution in [0.1, 0.15) is 48.9 Å². The van der Waals surface area contributed by atoms with Crippen LogP contribution in [0.25, 0.3) is 0 Å². The lowest BCUT2D eigenvalue weighted by atomic mass is 9.94. The molecule has 0 aliphatic carbocycles. The van der Waals surface area contributed by atoms with Crippen molar-refractivity contribution in [3.8, 4) is 0 Å². The Morgan fingerprint density at radius 1 is 1.10 bits per heavy atom. The van der Waals surface area contributed by atoms with E-state index in [-0.39, 0.29) is 5.82 Å². The maximum Gasteiger partial charge on any atom is 0.128 e. The maximum atomic E-state index is 13.8. The van der Waals surface area contributed by atoms with Gasteiger partial charge in [-0.3, -0.25) is 0 Å². The number of rotatable bonds is 4. The quantitative estimate of drug-likeness (QED) is 0.839. The molecule has 0 radical (unpaired) electrons. The van der Waals surface area contributed by atoms with Crippen molar-refractivity contribution in [1.82, 2.24) is 0 Å². The minimum absolute atomic E-state index is 0.326. The van der Waals surface area contributed by atoms with Gasteiger partial charge in [0, 0.05) is 10.6 Å². The Bertz CT molecular complexity index is 580. The summed E-state index contributed by atoms with van der Waals surface area (Å²) in [4.78, 5) is 0. The molecule has 0 spiro atoms. The first-order chi connectivity index (χ1) is 9.52. The predicted molar refractivity (Wildman–Crippen MR) is 82.6 cm³/mol. The second kappa shape index (κ2) is 6.38. The van der Waals surface area contributed by atoms with Crippen molar-refractivity contribution in [2.45, 2.75) is 32.2 Å². The normalized spacial score (nSPS) is 14.1. The van der Waals surface area contributed by atoms with E-state index in [1.807, 2.05) is 12.1 Å². The van der Waals surface area contributed by atoms with E-state index in [4.69, 9.17) is 17.3 Å². The molecule has 2 rings (SSSR count). The highest BCUT2D eigenvalue weighted by Gasteiger charge is 2.14. The van der Waals surface area contributed by atoms with Crippen LogP contribution in [0, 0.1) is 5.82 Å². The maximum absolute atomic E-state index is 13.8. The molecule has 3 heteroatoms. The summed E-state index contributed by atoms with van der Waals surface area (Å²) in [6.07, 6.45) is 1.09. The van der Waals surface area contributed by atoms with Crippen molar-refractivity contribution in [3.63, 3.8) is 0 Å². The molecule has 106 valence electrons. The summed E-state index contributed by atoms with van der Waals surface area (Å²) in [5.74, 6) is 0.191. The van der Waals surface area contributed by atoms with E-state index in [9.17, 15) is 4.39 Å². The summed E-state index contributed by atoms with van der Waals surface area (Å²) in [6, 6.07) is 12.0. The first kappa shape index (κ1) is 15.0. The van der Waals surface area contributed by atoms with Gasteiger partial charge < -0.3 is 5.73 Å². The van der Waals surface area contributed by atoms with Crippen LogP contribution < -0.4 is 5.73 Å². The number of hydrogen-bond acceptors (Lipinski definition) is 1. The van der Waals surface area contributed by atoms with Gasteiger partial charge in [-0.2, -0.15) is 0 Å². The molecule has 2 N–H and O–H groups in total. The zero-order valence-corrected chi connectivity index (χ0v) is 12.5. The van der Waals surface area contributed by atoms with Crippen LogP contribution in [0.5, 0.6) is 0 Å². The van der Waals surface area contributed by atoms with Gasteiger partial charge in [-0.05, 0) is 41.7 Å². The van der Waals surface area contributed by atoms with E-state index in [0.29, 0.717) is 16.5 Å². The third kappa shape index (κ3) is 3.20. The van der Waals surface area contributed by atoms with Gasteiger partial charge in [-0.15, -0.1) is 0 Å². The average molecular weight is 292 g/mol. The van der Waals surface area contributed by atoms with Crippen molar-refractivity contribution in [2.75, 3.05) is 0 Å². The molecule has 0 aromatic heterocycles. The van der Waals surface area contributed by atoms with Crippen LogP contribution in [0.2, 0.25) is 5.02 Å². The van der Waals surface area contributed by atoms with E-state index in [1.54, 1.807) is 6.07 Å². The Morgan fingerprint density at radius 2 is 1.70 bits per heavy atom. The van der Waals surface area contributed by atoms with Crippen molar-refractivity contribution in [3.05, 3.63) is 70.0 Å². The number of hydrogen-bond donors (Lipinski definition) is 1. The zero-order valence-electron chi connectivity index (χ0n) is 11.7. The zero-order chi connectivity index (χ0) is 14.7. The number of halogens is 2. The van der Waals surface area contributed by atoms with Crippen LogP contribution in [-0.4, -0.2) is 0 Å². The fraction of sp³-hybridized carbons (Fsp3) is 0.294. The molecule has 0 amide bonds. The Labute approximate surface area is 124 Å². The Balaban J connectivity index is 2.29. The highest BCUT2D eigenvalue weighted by Crippen LogP contribution is 2.27. The molecule has 0 heterocycles. The highest BCUT2D eigenvalue weighted by molar-refractivity contribution is 6.30. The van der Waals surface area contributed by atoms with Gasteiger partial charge in [0.15, 0.2) is 0 Å². The van der Waals surface area contributed by atoms with E-state index in [2.05, 4.69) is 26.0 Å². The second-order valence-corrected chi connectivity index (χ2v) is 5.56. The van der Waals surface area contributed by atoms with Gasteiger partial charge in [0.1, 0.15) is 5.82 Å². The molecule has 0 aliphatic heterocycles. The lowest BCUT2D eigenvalue weighted by molar-refractivity contribution is 0.599. The fourth-order valence-electron chi connectivity index (χ4n) is 2.20. The third-order valence-corrected chi connectivity index (χ3v) is 4.01. The largest absolute Gasteiger partial charge is 0.320 e. The topological polar surface area (TPSA) is 26.0 Å². The molecule has 2 unspecified atom stereocenters. The van der Waals surface area contributed by atoms with Crippen LogP contribution in [0.3, 0.4) is 0 Å². The lowest BCUT2D eigenvalue weighted by Crippen LogP contribution is -2.13. The van der Waals surface area contributed by atoms with Gasteiger partial charge in [0.05, 0.1) is 6.04 Å². The lowest BCUT2D eigenvalue weighted by Gasteiger charge is -2.16. The van der Waals surface area contributed by atoms with Crippen molar-refractivity contribution in [2.24, 2.45) is 5.73 Å². The van der Waals surface area contributed by atoms with Crippen LogP contribution in [-0.2, 0) is 0 Å². The summed E-state index contributed by atoms with van der Waals surface area (Å²) >= 11 is 5.91. The van der Waals surface area contributed by atoms with Gasteiger partial charge in [-0.25, -0.2) is 4.39 Å². The fourth-order valence-corrected chi connectivity index (χ4v) is 2.38. The number of nitrogens with two attached hydrogens (primary N) is 1.